The van der Waals surface area contributed by atoms with Crippen LogP contribution in [0, 0.1) is 0 Å². The van der Waals surface area contributed by atoms with Crippen LogP contribution in [0.15, 0.2) is 24.3 Å². The summed E-state index contributed by atoms with van der Waals surface area (Å²) in [6.45, 7) is 5.65. The fourth-order valence-electron chi connectivity index (χ4n) is 2.97. The van der Waals surface area contributed by atoms with E-state index in [2.05, 4.69) is 24.4 Å². The second-order valence-electron chi connectivity index (χ2n) is 5.34. The van der Waals surface area contributed by atoms with E-state index >= 15 is 0 Å². The normalized spacial score (nSPS) is 26.9. The summed E-state index contributed by atoms with van der Waals surface area (Å²) in [5, 5.41) is 3.35. The number of carbonyl (C=O) groups is 1. The standard InChI is InChI=1S/C15H20N2O2/c1-11-10-19-7-6-17(11)15(18)14-9-16-8-12-4-2-3-5-13(12)14/h2-5,11,14,16H,6-10H2,1H3/t11-,14?/m1/s1. The summed E-state index contributed by atoms with van der Waals surface area (Å²) in [6.07, 6.45) is 0. The molecule has 0 radical (unpaired) electrons. The molecule has 1 fully saturated rings. The zero-order valence-electron chi connectivity index (χ0n) is 11.3. The van der Waals surface area contributed by atoms with E-state index in [1.165, 1.54) is 11.1 Å². The fourth-order valence-corrected chi connectivity index (χ4v) is 2.97. The summed E-state index contributed by atoms with van der Waals surface area (Å²) < 4.78 is 5.41. The molecule has 1 amide bonds. The van der Waals surface area contributed by atoms with Gasteiger partial charge in [0.2, 0.25) is 5.91 Å². The molecule has 0 saturated carbocycles. The molecule has 2 atom stereocenters. The van der Waals surface area contributed by atoms with Gasteiger partial charge in [0.25, 0.3) is 0 Å². The van der Waals surface area contributed by atoms with Crippen molar-refractivity contribution in [3.63, 3.8) is 0 Å². The number of benzene rings is 1. The highest BCUT2D eigenvalue weighted by molar-refractivity contribution is 5.85. The zero-order chi connectivity index (χ0) is 13.2. The largest absolute Gasteiger partial charge is 0.377 e. The number of amides is 1. The number of hydrogen-bond acceptors (Lipinski definition) is 3. The minimum absolute atomic E-state index is 0.0505. The van der Waals surface area contributed by atoms with Crippen LogP contribution in [0.25, 0.3) is 0 Å². The van der Waals surface area contributed by atoms with Gasteiger partial charge in [0.05, 0.1) is 25.2 Å². The number of morpholine rings is 1. The molecule has 1 unspecified atom stereocenters. The fraction of sp³-hybridized carbons (Fsp3) is 0.533. The van der Waals surface area contributed by atoms with Crippen LogP contribution in [0.2, 0.25) is 0 Å². The van der Waals surface area contributed by atoms with Gasteiger partial charge in [-0.2, -0.15) is 0 Å². The van der Waals surface area contributed by atoms with Crippen molar-refractivity contribution in [1.29, 1.82) is 0 Å². The van der Waals surface area contributed by atoms with Crippen molar-refractivity contribution in [2.75, 3.05) is 26.3 Å². The Hall–Kier alpha value is -1.39. The first-order chi connectivity index (χ1) is 9.27. The van der Waals surface area contributed by atoms with E-state index in [1.54, 1.807) is 0 Å². The Balaban J connectivity index is 1.84. The Morgan fingerprint density at radius 3 is 3.11 bits per heavy atom. The second-order valence-corrected chi connectivity index (χ2v) is 5.34. The molecule has 1 saturated heterocycles. The summed E-state index contributed by atoms with van der Waals surface area (Å²) in [7, 11) is 0. The van der Waals surface area contributed by atoms with Gasteiger partial charge in [-0.05, 0) is 18.1 Å². The Morgan fingerprint density at radius 2 is 2.26 bits per heavy atom. The lowest BCUT2D eigenvalue weighted by molar-refractivity contribution is -0.140. The highest BCUT2D eigenvalue weighted by Gasteiger charge is 2.33. The summed E-state index contributed by atoms with van der Waals surface area (Å²) in [6, 6.07) is 8.42. The second kappa shape index (κ2) is 5.31. The van der Waals surface area contributed by atoms with Gasteiger partial charge in [-0.1, -0.05) is 24.3 Å². The van der Waals surface area contributed by atoms with Gasteiger partial charge in [-0.15, -0.1) is 0 Å². The Labute approximate surface area is 113 Å². The molecule has 0 bridgehead atoms. The Kier molecular flexibility index (Phi) is 3.53. The quantitative estimate of drug-likeness (QED) is 0.823. The van der Waals surface area contributed by atoms with Crippen molar-refractivity contribution in [2.45, 2.75) is 25.4 Å². The van der Waals surface area contributed by atoms with Crippen LogP contribution >= 0.6 is 0 Å². The third-order valence-electron chi connectivity index (χ3n) is 4.04. The van der Waals surface area contributed by atoms with Crippen LogP contribution in [0.5, 0.6) is 0 Å². The van der Waals surface area contributed by atoms with Crippen molar-refractivity contribution in [2.24, 2.45) is 0 Å². The summed E-state index contributed by atoms with van der Waals surface area (Å²) >= 11 is 0. The summed E-state index contributed by atoms with van der Waals surface area (Å²) in [4.78, 5) is 14.7. The highest BCUT2D eigenvalue weighted by atomic mass is 16.5. The van der Waals surface area contributed by atoms with E-state index in [0.717, 1.165) is 13.1 Å². The van der Waals surface area contributed by atoms with E-state index in [0.29, 0.717) is 19.8 Å². The van der Waals surface area contributed by atoms with Crippen LogP contribution < -0.4 is 5.32 Å². The first kappa shape index (κ1) is 12.6. The van der Waals surface area contributed by atoms with Crippen LogP contribution in [0.4, 0.5) is 0 Å². The molecule has 3 rings (SSSR count). The summed E-state index contributed by atoms with van der Waals surface area (Å²) in [5.74, 6) is 0.181. The van der Waals surface area contributed by atoms with Gasteiger partial charge in [-0.25, -0.2) is 0 Å². The Morgan fingerprint density at radius 1 is 1.42 bits per heavy atom. The molecule has 19 heavy (non-hydrogen) atoms. The van der Waals surface area contributed by atoms with Gasteiger partial charge >= 0.3 is 0 Å². The first-order valence-corrected chi connectivity index (χ1v) is 6.94. The number of carbonyl (C=O) groups excluding carboxylic acids is 1. The molecule has 2 aliphatic heterocycles. The van der Waals surface area contributed by atoms with Crippen molar-refractivity contribution in [3.8, 4) is 0 Å². The third kappa shape index (κ3) is 2.38. The minimum atomic E-state index is -0.0505. The molecule has 1 N–H and O–H groups in total. The predicted octanol–water partition coefficient (Wildman–Crippen LogP) is 1.12. The lowest BCUT2D eigenvalue weighted by atomic mass is 9.89. The lowest BCUT2D eigenvalue weighted by Crippen LogP contribution is -2.50. The molecule has 2 heterocycles. The number of hydrogen-bond donors (Lipinski definition) is 1. The van der Waals surface area contributed by atoms with E-state index in [4.69, 9.17) is 4.74 Å². The van der Waals surface area contributed by atoms with Crippen LogP contribution in [0.3, 0.4) is 0 Å². The molecule has 4 nitrogen and oxygen atoms in total. The molecular weight excluding hydrogens is 240 g/mol. The number of nitrogens with zero attached hydrogens (tertiary/aromatic N) is 1. The Bertz CT molecular complexity index is 475. The SMILES string of the molecule is C[C@@H]1COCCN1C(=O)C1CNCc2ccccc21. The number of nitrogens with one attached hydrogen (secondary N) is 1. The average Bonchev–Trinajstić information content (AvgIpc) is 2.46. The molecule has 0 spiro atoms. The molecular formula is C15H20N2O2. The molecule has 0 aliphatic carbocycles. The van der Waals surface area contributed by atoms with E-state index in [1.807, 2.05) is 17.0 Å². The molecule has 0 aromatic heterocycles. The average molecular weight is 260 g/mol. The number of fused-ring (bicyclic) bond motifs is 1. The molecule has 4 heteroatoms. The van der Waals surface area contributed by atoms with Gasteiger partial charge in [0.1, 0.15) is 0 Å². The third-order valence-corrected chi connectivity index (χ3v) is 4.04. The van der Waals surface area contributed by atoms with Crippen molar-refractivity contribution in [1.82, 2.24) is 10.2 Å². The maximum absolute atomic E-state index is 12.8. The number of ether oxygens (including phenoxy) is 1. The van der Waals surface area contributed by atoms with Gasteiger partial charge in [-0.3, -0.25) is 4.79 Å². The minimum Gasteiger partial charge on any atom is -0.377 e. The molecule has 2 aliphatic rings. The lowest BCUT2D eigenvalue weighted by Gasteiger charge is -2.37. The van der Waals surface area contributed by atoms with Crippen LogP contribution in [-0.2, 0) is 16.1 Å². The molecule has 1 aromatic rings. The van der Waals surface area contributed by atoms with E-state index in [9.17, 15) is 4.79 Å². The van der Waals surface area contributed by atoms with E-state index < -0.39 is 0 Å². The van der Waals surface area contributed by atoms with Crippen LogP contribution in [-0.4, -0.2) is 43.2 Å². The predicted molar refractivity (Wildman–Crippen MR) is 72.9 cm³/mol. The van der Waals surface area contributed by atoms with E-state index in [-0.39, 0.29) is 17.9 Å². The molecule has 1 aromatic carbocycles. The van der Waals surface area contributed by atoms with Crippen LogP contribution in [0.1, 0.15) is 24.0 Å². The van der Waals surface area contributed by atoms with Gasteiger partial charge in [0.15, 0.2) is 0 Å². The topological polar surface area (TPSA) is 41.6 Å². The maximum atomic E-state index is 12.8. The van der Waals surface area contributed by atoms with Gasteiger partial charge in [0, 0.05) is 19.6 Å². The first-order valence-electron chi connectivity index (χ1n) is 6.94. The summed E-state index contributed by atoms with van der Waals surface area (Å²) in [5.41, 5.74) is 2.43. The van der Waals surface area contributed by atoms with Gasteiger partial charge < -0.3 is 15.0 Å². The van der Waals surface area contributed by atoms with Crippen molar-refractivity contribution in [3.05, 3.63) is 35.4 Å². The highest BCUT2D eigenvalue weighted by Crippen LogP contribution is 2.26. The van der Waals surface area contributed by atoms with Crippen molar-refractivity contribution < 1.29 is 9.53 Å². The number of rotatable bonds is 1. The zero-order valence-corrected chi connectivity index (χ0v) is 11.3. The maximum Gasteiger partial charge on any atom is 0.231 e. The monoisotopic (exact) mass is 260 g/mol. The smallest absolute Gasteiger partial charge is 0.231 e. The van der Waals surface area contributed by atoms with Crippen molar-refractivity contribution >= 4 is 5.91 Å². The molecule has 102 valence electrons.